The monoisotopic (exact) mass is 430 g/mol. The van der Waals surface area contributed by atoms with Gasteiger partial charge in [0, 0.05) is 22.7 Å². The number of benzene rings is 2. The summed E-state index contributed by atoms with van der Waals surface area (Å²) in [5.74, 6) is 0. The number of aromatic amines is 1. The summed E-state index contributed by atoms with van der Waals surface area (Å²) >= 11 is 0. The number of aromatic nitrogens is 1. The maximum absolute atomic E-state index is 13.7. The van der Waals surface area contributed by atoms with E-state index in [4.69, 9.17) is 5.21 Å². The van der Waals surface area contributed by atoms with Gasteiger partial charge in [-0.2, -0.15) is 26.3 Å². The van der Waals surface area contributed by atoms with E-state index in [1.165, 1.54) is 23.7 Å². The third-order valence-corrected chi connectivity index (χ3v) is 4.98. The predicted molar refractivity (Wildman–Crippen MR) is 102 cm³/mol. The average molecular weight is 430 g/mol. The van der Waals surface area contributed by atoms with Crippen molar-refractivity contribution in [1.29, 1.82) is 0 Å². The fraction of sp³-hybridized carbons (Fsp3) is 0.333. The topological polar surface area (TPSA) is 48.0 Å². The smallest absolute Gasteiger partial charge is 0.361 e. The molecule has 0 radical (unpaired) electrons. The summed E-state index contributed by atoms with van der Waals surface area (Å²) in [6, 6.07) is 5.01. The molecule has 0 unspecified atom stereocenters. The van der Waals surface area contributed by atoms with Gasteiger partial charge in [-0.15, -0.1) is 0 Å². The third kappa shape index (κ3) is 4.40. The maximum Gasteiger partial charge on any atom is 0.417 e. The van der Waals surface area contributed by atoms with Crippen molar-refractivity contribution in [2.24, 2.45) is 0 Å². The molecule has 0 saturated heterocycles. The number of nitrogens with one attached hydrogen (secondary N) is 2. The molecule has 3 rings (SSSR count). The highest BCUT2D eigenvalue weighted by atomic mass is 19.4. The highest BCUT2D eigenvalue weighted by molar-refractivity contribution is 5.89. The van der Waals surface area contributed by atoms with Gasteiger partial charge in [0.15, 0.2) is 0 Å². The van der Waals surface area contributed by atoms with Crippen molar-refractivity contribution >= 4 is 16.6 Å². The van der Waals surface area contributed by atoms with E-state index in [1.807, 2.05) is 6.92 Å². The van der Waals surface area contributed by atoms with E-state index in [-0.39, 0.29) is 5.56 Å². The van der Waals surface area contributed by atoms with Crippen molar-refractivity contribution in [1.82, 2.24) is 4.98 Å². The lowest BCUT2D eigenvalue weighted by Crippen LogP contribution is -2.15. The summed E-state index contributed by atoms with van der Waals surface area (Å²) in [6.45, 7) is 2.04. The molecule has 0 saturated carbocycles. The second-order valence-electron chi connectivity index (χ2n) is 7.09. The number of aryl methyl sites for hydroxylation is 1. The first-order valence-electron chi connectivity index (χ1n) is 9.39. The number of hydrogen-bond donors (Lipinski definition) is 3. The first-order chi connectivity index (χ1) is 14.1. The van der Waals surface area contributed by atoms with Crippen LogP contribution in [0.2, 0.25) is 0 Å². The van der Waals surface area contributed by atoms with Crippen LogP contribution in [0.15, 0.2) is 36.5 Å². The van der Waals surface area contributed by atoms with Gasteiger partial charge in [0.25, 0.3) is 0 Å². The predicted octanol–water partition coefficient (Wildman–Crippen LogP) is 7.41. The maximum atomic E-state index is 13.7. The van der Waals surface area contributed by atoms with Crippen molar-refractivity contribution in [2.75, 3.05) is 5.48 Å². The summed E-state index contributed by atoms with van der Waals surface area (Å²) in [5.41, 5.74) is -1.93. The van der Waals surface area contributed by atoms with Crippen molar-refractivity contribution < 1.29 is 31.5 Å². The van der Waals surface area contributed by atoms with E-state index in [1.54, 1.807) is 6.20 Å². The van der Waals surface area contributed by atoms with Crippen LogP contribution >= 0.6 is 0 Å². The van der Waals surface area contributed by atoms with Gasteiger partial charge in [-0.05, 0) is 48.2 Å². The van der Waals surface area contributed by atoms with Crippen LogP contribution in [0.1, 0.15) is 42.9 Å². The summed E-state index contributed by atoms with van der Waals surface area (Å²) in [6.07, 6.45) is -4.88. The Labute approximate surface area is 168 Å². The van der Waals surface area contributed by atoms with Gasteiger partial charge >= 0.3 is 12.4 Å². The molecule has 0 amide bonds. The van der Waals surface area contributed by atoms with Crippen molar-refractivity contribution in [3.05, 3.63) is 53.2 Å². The van der Waals surface area contributed by atoms with E-state index >= 15 is 0 Å². The molecular weight excluding hydrogens is 410 g/mol. The quantitative estimate of drug-likeness (QED) is 0.217. The van der Waals surface area contributed by atoms with E-state index in [0.29, 0.717) is 29.5 Å². The van der Waals surface area contributed by atoms with E-state index in [2.05, 4.69) is 4.98 Å². The molecule has 0 atom stereocenters. The lowest BCUT2D eigenvalue weighted by atomic mass is 9.91. The molecule has 3 aromatic rings. The molecule has 0 aliphatic rings. The standard InChI is InChI=1S/C21H20F6N2O/c1-2-3-4-5-13-11-28-18-7-6-12(8-15(13)18)19-16(20(22,23)24)9-14(29-30)10-17(19)21(25,26)27/h6-11,28-30H,2-5H2,1H3. The van der Waals surface area contributed by atoms with Crippen LogP contribution in [0.25, 0.3) is 22.0 Å². The number of anilines is 1. The first-order valence-corrected chi connectivity index (χ1v) is 9.39. The van der Waals surface area contributed by atoms with Crippen LogP contribution < -0.4 is 5.48 Å². The molecule has 30 heavy (non-hydrogen) atoms. The lowest BCUT2D eigenvalue weighted by molar-refractivity contribution is -0.142. The van der Waals surface area contributed by atoms with Crippen molar-refractivity contribution in [3.8, 4) is 11.1 Å². The Hall–Kier alpha value is -2.68. The summed E-state index contributed by atoms with van der Waals surface area (Å²) in [7, 11) is 0. The van der Waals surface area contributed by atoms with Crippen LogP contribution in [0.4, 0.5) is 32.0 Å². The number of alkyl halides is 6. The average Bonchev–Trinajstić information content (AvgIpc) is 3.08. The summed E-state index contributed by atoms with van der Waals surface area (Å²) in [4.78, 5) is 3.01. The second kappa shape index (κ2) is 8.22. The van der Waals surface area contributed by atoms with E-state index in [0.717, 1.165) is 24.8 Å². The van der Waals surface area contributed by atoms with Crippen molar-refractivity contribution in [2.45, 2.75) is 45.0 Å². The summed E-state index contributed by atoms with van der Waals surface area (Å²) in [5, 5.41) is 9.54. The Bertz CT molecular complexity index is 1000. The van der Waals surface area contributed by atoms with Crippen molar-refractivity contribution in [3.63, 3.8) is 0 Å². The van der Waals surface area contributed by atoms with Gasteiger partial charge in [0.05, 0.1) is 16.8 Å². The Morgan fingerprint density at radius 3 is 2.10 bits per heavy atom. The first kappa shape index (κ1) is 22.0. The fourth-order valence-corrected chi connectivity index (χ4v) is 3.57. The second-order valence-corrected chi connectivity index (χ2v) is 7.09. The van der Waals surface area contributed by atoms with Crippen LogP contribution in [-0.2, 0) is 18.8 Å². The molecule has 162 valence electrons. The zero-order chi connectivity index (χ0) is 22.1. The fourth-order valence-electron chi connectivity index (χ4n) is 3.57. The number of unbranched alkanes of at least 4 members (excludes halogenated alkanes) is 2. The molecule has 0 spiro atoms. The van der Waals surface area contributed by atoms with E-state index < -0.39 is 34.7 Å². The number of halogens is 6. The molecule has 9 heteroatoms. The van der Waals surface area contributed by atoms with E-state index in [9.17, 15) is 26.3 Å². The highest BCUT2D eigenvalue weighted by Crippen LogP contribution is 2.46. The molecular formula is C21H20F6N2O. The highest BCUT2D eigenvalue weighted by Gasteiger charge is 2.42. The summed E-state index contributed by atoms with van der Waals surface area (Å²) < 4.78 is 82.0. The normalized spacial score (nSPS) is 12.5. The largest absolute Gasteiger partial charge is 0.417 e. The van der Waals surface area contributed by atoms with Gasteiger partial charge in [-0.1, -0.05) is 25.8 Å². The number of rotatable bonds is 6. The van der Waals surface area contributed by atoms with Crippen LogP contribution in [0, 0.1) is 0 Å². The molecule has 3 nitrogen and oxygen atoms in total. The molecule has 0 fully saturated rings. The zero-order valence-corrected chi connectivity index (χ0v) is 16.0. The minimum absolute atomic E-state index is 0.192. The van der Waals surface area contributed by atoms with Gasteiger partial charge < -0.3 is 4.98 Å². The number of H-pyrrole nitrogens is 1. The Morgan fingerprint density at radius 2 is 1.57 bits per heavy atom. The zero-order valence-electron chi connectivity index (χ0n) is 16.0. The molecule has 0 bridgehead atoms. The number of fused-ring (bicyclic) bond motifs is 1. The molecule has 0 aliphatic carbocycles. The lowest BCUT2D eigenvalue weighted by Gasteiger charge is -2.20. The van der Waals surface area contributed by atoms with Gasteiger partial charge in [-0.3, -0.25) is 10.7 Å². The number of hydrogen-bond acceptors (Lipinski definition) is 2. The minimum Gasteiger partial charge on any atom is -0.361 e. The third-order valence-electron chi connectivity index (χ3n) is 4.98. The Kier molecular flexibility index (Phi) is 6.03. The SMILES string of the molecule is CCCCCc1c[nH]c2ccc(-c3c(C(F)(F)F)cc(NO)cc3C(F)(F)F)cc12. The molecule has 2 aromatic carbocycles. The Morgan fingerprint density at radius 1 is 0.933 bits per heavy atom. The molecule has 3 N–H and O–H groups in total. The van der Waals surface area contributed by atoms with Crippen LogP contribution in [0.3, 0.4) is 0 Å². The van der Waals surface area contributed by atoms with Gasteiger partial charge in [-0.25, -0.2) is 0 Å². The molecule has 1 heterocycles. The van der Waals surface area contributed by atoms with Gasteiger partial charge in [0.2, 0.25) is 0 Å². The molecule has 1 aromatic heterocycles. The Balaban J connectivity index is 2.25. The van der Waals surface area contributed by atoms with Crippen LogP contribution in [0.5, 0.6) is 0 Å². The molecule has 0 aliphatic heterocycles. The van der Waals surface area contributed by atoms with Crippen LogP contribution in [-0.4, -0.2) is 10.2 Å². The minimum atomic E-state index is -5.06. The van der Waals surface area contributed by atoms with Gasteiger partial charge in [0.1, 0.15) is 0 Å².